The van der Waals surface area contributed by atoms with Gasteiger partial charge in [0.25, 0.3) is 0 Å². The van der Waals surface area contributed by atoms with Crippen molar-refractivity contribution in [1.82, 2.24) is 10.2 Å². The highest BCUT2D eigenvalue weighted by Gasteiger charge is 2.31. The summed E-state index contributed by atoms with van der Waals surface area (Å²) in [6.07, 6.45) is 8.62. The third kappa shape index (κ3) is 3.72. The maximum Gasteiger partial charge on any atom is 0.0798 e. The number of hydrogen-bond donors (Lipinski definition) is 2. The summed E-state index contributed by atoms with van der Waals surface area (Å²) in [5, 5.41) is 13.8. The van der Waals surface area contributed by atoms with E-state index in [-0.39, 0.29) is 0 Å². The van der Waals surface area contributed by atoms with E-state index < -0.39 is 5.60 Å². The molecule has 2 saturated heterocycles. The SMILES string of the molecule is OC1(CN2CCCCCCC2)CCNCC1. The van der Waals surface area contributed by atoms with Crippen LogP contribution in [0.3, 0.4) is 0 Å². The topological polar surface area (TPSA) is 35.5 Å². The third-order valence-electron chi connectivity index (χ3n) is 4.00. The van der Waals surface area contributed by atoms with E-state index in [2.05, 4.69) is 10.2 Å². The standard InChI is InChI=1S/C13H26N2O/c16-13(6-8-14-9-7-13)12-15-10-4-2-1-3-5-11-15/h14,16H,1-12H2. The van der Waals surface area contributed by atoms with Crippen LogP contribution < -0.4 is 5.32 Å². The first-order valence-corrected chi connectivity index (χ1v) is 6.94. The van der Waals surface area contributed by atoms with E-state index in [9.17, 15) is 5.11 Å². The molecule has 0 spiro atoms. The number of aliphatic hydroxyl groups is 1. The molecule has 0 atom stereocenters. The van der Waals surface area contributed by atoms with Gasteiger partial charge in [-0.1, -0.05) is 19.3 Å². The van der Waals surface area contributed by atoms with Gasteiger partial charge < -0.3 is 15.3 Å². The van der Waals surface area contributed by atoms with Crippen LogP contribution in [0.1, 0.15) is 44.9 Å². The Morgan fingerprint density at radius 2 is 1.50 bits per heavy atom. The van der Waals surface area contributed by atoms with Gasteiger partial charge in [0.2, 0.25) is 0 Å². The van der Waals surface area contributed by atoms with Crippen LogP contribution in [0.4, 0.5) is 0 Å². The number of nitrogens with zero attached hydrogens (tertiary/aromatic N) is 1. The minimum Gasteiger partial charge on any atom is -0.388 e. The van der Waals surface area contributed by atoms with E-state index in [1.54, 1.807) is 0 Å². The molecule has 3 nitrogen and oxygen atoms in total. The van der Waals surface area contributed by atoms with Crippen LogP contribution in [0.25, 0.3) is 0 Å². The lowest BCUT2D eigenvalue weighted by Crippen LogP contribution is -2.50. The number of β-amino-alcohol motifs (C(OH)–C–C–N with tert-alkyl or cyclic N) is 1. The molecule has 2 aliphatic heterocycles. The van der Waals surface area contributed by atoms with E-state index in [1.165, 1.54) is 45.2 Å². The van der Waals surface area contributed by atoms with Crippen LogP contribution in [-0.2, 0) is 0 Å². The lowest BCUT2D eigenvalue weighted by Gasteiger charge is -2.37. The smallest absolute Gasteiger partial charge is 0.0798 e. The molecule has 2 aliphatic rings. The first kappa shape index (κ1) is 12.3. The van der Waals surface area contributed by atoms with Crippen LogP contribution in [0.5, 0.6) is 0 Å². The largest absolute Gasteiger partial charge is 0.388 e. The Balaban J connectivity index is 1.81. The van der Waals surface area contributed by atoms with Crippen molar-refractivity contribution >= 4 is 0 Å². The molecule has 0 amide bonds. The molecule has 0 aromatic carbocycles. The minimum absolute atomic E-state index is 0.412. The molecule has 0 bridgehead atoms. The Kier molecular flexibility index (Phi) is 4.62. The molecule has 94 valence electrons. The van der Waals surface area contributed by atoms with Gasteiger partial charge in [0, 0.05) is 6.54 Å². The van der Waals surface area contributed by atoms with Gasteiger partial charge in [0.05, 0.1) is 5.60 Å². The molecule has 2 fully saturated rings. The monoisotopic (exact) mass is 226 g/mol. The molecule has 0 aromatic heterocycles. The summed E-state index contributed by atoms with van der Waals surface area (Å²) in [5.74, 6) is 0. The van der Waals surface area contributed by atoms with Crippen molar-refractivity contribution in [2.24, 2.45) is 0 Å². The molecule has 2 heterocycles. The second-order valence-corrected chi connectivity index (χ2v) is 5.52. The Labute approximate surface area is 99.2 Å². The fourth-order valence-corrected chi connectivity index (χ4v) is 2.94. The van der Waals surface area contributed by atoms with Crippen LogP contribution in [0.15, 0.2) is 0 Å². The van der Waals surface area contributed by atoms with Gasteiger partial charge in [-0.15, -0.1) is 0 Å². The lowest BCUT2D eigenvalue weighted by atomic mass is 9.91. The van der Waals surface area contributed by atoms with Crippen molar-refractivity contribution in [2.75, 3.05) is 32.7 Å². The number of nitrogens with one attached hydrogen (secondary N) is 1. The first-order valence-electron chi connectivity index (χ1n) is 6.94. The summed E-state index contributed by atoms with van der Waals surface area (Å²) >= 11 is 0. The van der Waals surface area contributed by atoms with Gasteiger partial charge in [-0.25, -0.2) is 0 Å². The second kappa shape index (κ2) is 5.99. The zero-order valence-electron chi connectivity index (χ0n) is 10.4. The van der Waals surface area contributed by atoms with E-state index in [1.807, 2.05) is 0 Å². The predicted octanol–water partition coefficient (Wildman–Crippen LogP) is 1.37. The average Bonchev–Trinajstić information content (AvgIpc) is 2.23. The Hall–Kier alpha value is -0.120. The molecule has 0 saturated carbocycles. The fraction of sp³-hybridized carbons (Fsp3) is 1.00. The molecule has 0 unspecified atom stereocenters. The van der Waals surface area contributed by atoms with Gasteiger partial charge in [0.15, 0.2) is 0 Å². The quantitative estimate of drug-likeness (QED) is 0.746. The Morgan fingerprint density at radius 3 is 2.12 bits per heavy atom. The lowest BCUT2D eigenvalue weighted by molar-refractivity contribution is -0.0222. The van der Waals surface area contributed by atoms with Crippen LogP contribution in [-0.4, -0.2) is 48.3 Å². The van der Waals surface area contributed by atoms with Crippen molar-refractivity contribution in [3.63, 3.8) is 0 Å². The molecule has 3 heteroatoms. The third-order valence-corrected chi connectivity index (χ3v) is 4.00. The summed E-state index contributed by atoms with van der Waals surface area (Å²) in [6.45, 7) is 5.23. The second-order valence-electron chi connectivity index (χ2n) is 5.52. The summed E-state index contributed by atoms with van der Waals surface area (Å²) in [4.78, 5) is 2.49. The molecular weight excluding hydrogens is 200 g/mol. The number of likely N-dealkylation sites (tertiary alicyclic amines) is 1. The molecule has 0 aliphatic carbocycles. The molecular formula is C13H26N2O. The van der Waals surface area contributed by atoms with Crippen LogP contribution in [0, 0.1) is 0 Å². The molecule has 2 N–H and O–H groups in total. The Morgan fingerprint density at radius 1 is 0.938 bits per heavy atom. The Bertz CT molecular complexity index is 194. The van der Waals surface area contributed by atoms with E-state index in [4.69, 9.17) is 0 Å². The molecule has 16 heavy (non-hydrogen) atoms. The molecule has 0 aromatic rings. The molecule has 0 radical (unpaired) electrons. The zero-order chi connectivity index (χ0) is 11.3. The van der Waals surface area contributed by atoms with Crippen molar-refractivity contribution < 1.29 is 5.11 Å². The highest BCUT2D eigenvalue weighted by Crippen LogP contribution is 2.21. The number of piperidine rings is 1. The van der Waals surface area contributed by atoms with Gasteiger partial charge in [0.1, 0.15) is 0 Å². The highest BCUT2D eigenvalue weighted by atomic mass is 16.3. The minimum atomic E-state index is -0.412. The van der Waals surface area contributed by atoms with E-state index >= 15 is 0 Å². The average molecular weight is 226 g/mol. The normalized spacial score (nSPS) is 28.3. The van der Waals surface area contributed by atoms with Crippen LogP contribution in [0.2, 0.25) is 0 Å². The zero-order valence-corrected chi connectivity index (χ0v) is 10.4. The predicted molar refractivity (Wildman–Crippen MR) is 66.6 cm³/mol. The number of rotatable bonds is 2. The van der Waals surface area contributed by atoms with E-state index in [0.717, 1.165) is 32.5 Å². The van der Waals surface area contributed by atoms with Gasteiger partial charge in [-0.2, -0.15) is 0 Å². The highest BCUT2D eigenvalue weighted by molar-refractivity contribution is 4.87. The fourth-order valence-electron chi connectivity index (χ4n) is 2.94. The van der Waals surface area contributed by atoms with Gasteiger partial charge >= 0.3 is 0 Å². The first-order chi connectivity index (χ1) is 7.79. The summed E-state index contributed by atoms with van der Waals surface area (Å²) in [7, 11) is 0. The van der Waals surface area contributed by atoms with Crippen molar-refractivity contribution in [3.05, 3.63) is 0 Å². The summed E-state index contributed by atoms with van der Waals surface area (Å²) < 4.78 is 0. The van der Waals surface area contributed by atoms with E-state index in [0.29, 0.717) is 0 Å². The van der Waals surface area contributed by atoms with Gasteiger partial charge in [-0.05, 0) is 51.9 Å². The number of hydrogen-bond acceptors (Lipinski definition) is 3. The maximum atomic E-state index is 10.5. The maximum absolute atomic E-state index is 10.5. The molecule has 2 rings (SSSR count). The van der Waals surface area contributed by atoms with Crippen molar-refractivity contribution in [3.8, 4) is 0 Å². The van der Waals surface area contributed by atoms with Crippen molar-refractivity contribution in [1.29, 1.82) is 0 Å². The summed E-state index contributed by atoms with van der Waals surface area (Å²) in [5.41, 5.74) is -0.412. The van der Waals surface area contributed by atoms with Crippen molar-refractivity contribution in [2.45, 2.75) is 50.5 Å². The van der Waals surface area contributed by atoms with Crippen LogP contribution >= 0.6 is 0 Å². The summed E-state index contributed by atoms with van der Waals surface area (Å²) in [6, 6.07) is 0. The van der Waals surface area contributed by atoms with Gasteiger partial charge in [-0.3, -0.25) is 0 Å².